The molecule has 0 spiro atoms. The van der Waals surface area contributed by atoms with Crippen LogP contribution in [0.15, 0.2) is 30.3 Å². The molecule has 0 unspecified atom stereocenters. The number of ether oxygens (including phenoxy) is 1. The van der Waals surface area contributed by atoms with Crippen molar-refractivity contribution in [3.8, 4) is 17.2 Å². The highest BCUT2D eigenvalue weighted by Gasteiger charge is 2.22. The smallest absolute Gasteiger partial charge is 0.340 e. The van der Waals surface area contributed by atoms with Gasteiger partial charge in [0.25, 0.3) is 0 Å². The first-order valence-corrected chi connectivity index (χ1v) is 6.87. The summed E-state index contributed by atoms with van der Waals surface area (Å²) < 4.78 is 5.21. The Balaban J connectivity index is 2.94. The molecule has 0 saturated carbocycles. The molecule has 106 valence electrons. The number of aromatic amines is 1. The van der Waals surface area contributed by atoms with Gasteiger partial charge in [0.15, 0.2) is 0 Å². The SMILES string of the molecule is CCc1[nH]c(=S)c(C#N)c(-c2ccccc2)c1C(=O)OC. The van der Waals surface area contributed by atoms with Crippen LogP contribution in [0, 0.1) is 16.0 Å². The minimum Gasteiger partial charge on any atom is -0.465 e. The molecule has 21 heavy (non-hydrogen) atoms. The number of aromatic nitrogens is 1. The van der Waals surface area contributed by atoms with Crippen molar-refractivity contribution in [1.82, 2.24) is 4.98 Å². The number of hydrogen-bond acceptors (Lipinski definition) is 4. The number of esters is 1. The Morgan fingerprint density at radius 3 is 2.57 bits per heavy atom. The average Bonchev–Trinajstić information content (AvgIpc) is 2.53. The Morgan fingerprint density at radius 2 is 2.05 bits per heavy atom. The van der Waals surface area contributed by atoms with E-state index in [1.165, 1.54) is 7.11 Å². The minimum absolute atomic E-state index is 0.286. The van der Waals surface area contributed by atoms with E-state index in [-0.39, 0.29) is 5.56 Å². The first kappa shape index (κ1) is 14.9. The number of rotatable bonds is 3. The largest absolute Gasteiger partial charge is 0.465 e. The van der Waals surface area contributed by atoms with Crippen molar-refractivity contribution < 1.29 is 9.53 Å². The Labute approximate surface area is 128 Å². The fraction of sp³-hybridized carbons (Fsp3) is 0.188. The van der Waals surface area contributed by atoms with Crippen molar-refractivity contribution in [2.45, 2.75) is 13.3 Å². The summed E-state index contributed by atoms with van der Waals surface area (Å²) in [5.74, 6) is -0.478. The van der Waals surface area contributed by atoms with E-state index in [4.69, 9.17) is 17.0 Å². The van der Waals surface area contributed by atoms with E-state index in [0.717, 1.165) is 5.56 Å². The second-order valence-electron chi connectivity index (χ2n) is 4.38. The van der Waals surface area contributed by atoms with Crippen molar-refractivity contribution in [2.75, 3.05) is 7.11 Å². The summed E-state index contributed by atoms with van der Waals surface area (Å²) in [4.78, 5) is 15.1. The molecule has 0 fully saturated rings. The molecule has 2 aromatic rings. The van der Waals surface area contributed by atoms with Crippen molar-refractivity contribution >= 4 is 18.2 Å². The summed E-state index contributed by atoms with van der Waals surface area (Å²) in [5.41, 5.74) is 2.63. The highest BCUT2D eigenvalue weighted by Crippen LogP contribution is 2.30. The zero-order chi connectivity index (χ0) is 15.4. The van der Waals surface area contributed by atoms with Crippen LogP contribution in [0.1, 0.15) is 28.5 Å². The Hall–Kier alpha value is -2.45. The monoisotopic (exact) mass is 298 g/mol. The van der Waals surface area contributed by atoms with E-state index < -0.39 is 5.97 Å². The topological polar surface area (TPSA) is 65.9 Å². The third-order valence-corrected chi connectivity index (χ3v) is 3.52. The number of carbonyl (C=O) groups excluding carboxylic acids is 1. The Morgan fingerprint density at radius 1 is 1.38 bits per heavy atom. The molecular weight excluding hydrogens is 284 g/mol. The van der Waals surface area contributed by atoms with Crippen LogP contribution < -0.4 is 0 Å². The third-order valence-electron chi connectivity index (χ3n) is 3.21. The second-order valence-corrected chi connectivity index (χ2v) is 4.79. The van der Waals surface area contributed by atoms with Crippen LogP contribution in [0.4, 0.5) is 0 Å². The molecule has 0 aliphatic rings. The summed E-state index contributed by atoms with van der Waals surface area (Å²) in [5, 5.41) is 9.41. The summed E-state index contributed by atoms with van der Waals surface area (Å²) in [6.45, 7) is 1.91. The van der Waals surface area contributed by atoms with E-state index in [1.807, 2.05) is 37.3 Å². The predicted octanol–water partition coefficient (Wildman–Crippen LogP) is 3.63. The number of nitrogens with zero attached hydrogens (tertiary/aromatic N) is 1. The van der Waals surface area contributed by atoms with Crippen LogP contribution in [-0.4, -0.2) is 18.1 Å². The van der Waals surface area contributed by atoms with Gasteiger partial charge in [0.2, 0.25) is 0 Å². The maximum Gasteiger partial charge on any atom is 0.340 e. The van der Waals surface area contributed by atoms with Crippen molar-refractivity contribution in [3.05, 3.63) is 51.8 Å². The van der Waals surface area contributed by atoms with Crippen molar-refractivity contribution in [3.63, 3.8) is 0 Å². The predicted molar refractivity (Wildman–Crippen MR) is 82.5 cm³/mol. The van der Waals surface area contributed by atoms with Gasteiger partial charge in [-0.05, 0) is 12.0 Å². The molecule has 0 aliphatic heterocycles. The van der Waals surface area contributed by atoms with Gasteiger partial charge >= 0.3 is 5.97 Å². The molecular formula is C16H14N2O2S. The Bertz CT molecular complexity index is 773. The number of H-pyrrole nitrogens is 1. The lowest BCUT2D eigenvalue weighted by atomic mass is 9.94. The van der Waals surface area contributed by atoms with Gasteiger partial charge in [-0.25, -0.2) is 4.79 Å². The maximum absolute atomic E-state index is 12.2. The zero-order valence-electron chi connectivity index (χ0n) is 11.8. The number of nitrogens with one attached hydrogen (secondary N) is 1. The normalized spacial score (nSPS) is 9.95. The average molecular weight is 298 g/mol. The number of hydrogen-bond donors (Lipinski definition) is 1. The van der Waals surface area contributed by atoms with Gasteiger partial charge in [-0.2, -0.15) is 5.26 Å². The van der Waals surface area contributed by atoms with Gasteiger partial charge in [-0.3, -0.25) is 0 Å². The lowest BCUT2D eigenvalue weighted by Crippen LogP contribution is -2.11. The number of pyridine rings is 1. The van der Waals surface area contributed by atoms with Crippen LogP contribution in [0.25, 0.3) is 11.1 Å². The van der Waals surface area contributed by atoms with Gasteiger partial charge in [0.05, 0.1) is 18.2 Å². The number of methoxy groups -OCH3 is 1. The highest BCUT2D eigenvalue weighted by atomic mass is 32.1. The van der Waals surface area contributed by atoms with Crippen molar-refractivity contribution in [1.29, 1.82) is 5.26 Å². The lowest BCUT2D eigenvalue weighted by Gasteiger charge is -2.14. The summed E-state index contributed by atoms with van der Waals surface area (Å²) in [7, 11) is 1.32. The molecule has 0 aliphatic carbocycles. The third kappa shape index (κ3) is 2.71. The molecule has 1 N–H and O–H groups in total. The van der Waals surface area contributed by atoms with E-state index in [1.54, 1.807) is 0 Å². The van der Waals surface area contributed by atoms with Gasteiger partial charge in [-0.15, -0.1) is 0 Å². The fourth-order valence-corrected chi connectivity index (χ4v) is 2.52. The first-order valence-electron chi connectivity index (χ1n) is 6.47. The maximum atomic E-state index is 12.2. The van der Waals surface area contributed by atoms with Crippen molar-refractivity contribution in [2.24, 2.45) is 0 Å². The standard InChI is InChI=1S/C16H14N2O2S/c1-3-12-14(16(19)20-2)13(10-7-5-4-6-8-10)11(9-17)15(21)18-12/h4-8H,3H2,1-2H3,(H,18,21). The minimum atomic E-state index is -0.478. The van der Waals surface area contributed by atoms with Crippen LogP contribution in [0.2, 0.25) is 0 Å². The zero-order valence-corrected chi connectivity index (χ0v) is 12.6. The lowest BCUT2D eigenvalue weighted by molar-refractivity contribution is 0.0600. The Kier molecular flexibility index (Phi) is 4.51. The first-order chi connectivity index (χ1) is 10.1. The van der Waals surface area contributed by atoms with Gasteiger partial charge < -0.3 is 9.72 Å². The molecule has 0 saturated heterocycles. The van der Waals surface area contributed by atoms with E-state index in [0.29, 0.717) is 27.9 Å². The molecule has 1 aromatic carbocycles. The van der Waals surface area contributed by atoms with Gasteiger partial charge in [0.1, 0.15) is 10.7 Å². The van der Waals surface area contributed by atoms with Crippen LogP contribution >= 0.6 is 12.2 Å². The number of nitriles is 1. The number of carbonyl (C=O) groups is 1. The van der Waals surface area contributed by atoms with Crippen LogP contribution in [-0.2, 0) is 11.2 Å². The molecule has 0 bridgehead atoms. The molecule has 5 heteroatoms. The highest BCUT2D eigenvalue weighted by molar-refractivity contribution is 7.71. The fourth-order valence-electron chi connectivity index (χ4n) is 2.24. The van der Waals surface area contributed by atoms with E-state index in [2.05, 4.69) is 11.1 Å². The van der Waals surface area contributed by atoms with E-state index in [9.17, 15) is 10.1 Å². The molecule has 1 aromatic heterocycles. The molecule has 2 rings (SSSR count). The molecule has 4 nitrogen and oxygen atoms in total. The van der Waals surface area contributed by atoms with E-state index >= 15 is 0 Å². The molecule has 0 atom stereocenters. The number of benzene rings is 1. The van der Waals surface area contributed by atoms with Crippen LogP contribution in [0.5, 0.6) is 0 Å². The quantitative estimate of drug-likeness (QED) is 0.694. The van der Waals surface area contributed by atoms with Gasteiger partial charge in [0, 0.05) is 11.3 Å². The second kappa shape index (κ2) is 6.33. The summed E-state index contributed by atoms with van der Waals surface area (Å²) >= 11 is 5.24. The van der Waals surface area contributed by atoms with Gasteiger partial charge in [-0.1, -0.05) is 49.5 Å². The summed E-state index contributed by atoms with van der Waals surface area (Å²) in [6.07, 6.45) is 0.583. The number of aryl methyl sites for hydroxylation is 1. The van der Waals surface area contributed by atoms with Crippen LogP contribution in [0.3, 0.4) is 0 Å². The molecule has 0 radical (unpaired) electrons. The summed E-state index contributed by atoms with van der Waals surface area (Å²) in [6, 6.07) is 11.4. The molecule has 1 heterocycles. The molecule has 0 amide bonds.